The highest BCUT2D eigenvalue weighted by Crippen LogP contribution is 2.24. The molecule has 5 nitrogen and oxygen atoms in total. The number of benzene rings is 2. The maximum Gasteiger partial charge on any atom is 0.330 e. The summed E-state index contributed by atoms with van der Waals surface area (Å²) in [5.74, 6) is -1.40. The lowest BCUT2D eigenvalue weighted by molar-refractivity contribution is -0.142. The van der Waals surface area contributed by atoms with Gasteiger partial charge in [-0.05, 0) is 30.7 Å². The summed E-state index contributed by atoms with van der Waals surface area (Å²) in [5, 5.41) is 12.5. The number of ether oxygens (including phenoxy) is 1. The number of amides is 1. The number of hydrogen-bond donors (Lipinski definition) is 2. The lowest BCUT2D eigenvalue weighted by Crippen LogP contribution is -2.36. The maximum atomic E-state index is 12.0. The Balaban J connectivity index is 2.00. The van der Waals surface area contributed by atoms with Gasteiger partial charge >= 0.3 is 5.97 Å². The van der Waals surface area contributed by atoms with E-state index in [4.69, 9.17) is 27.9 Å². The Bertz CT molecular complexity index is 727. The number of aryl methyl sites for hydroxylation is 1. The van der Waals surface area contributed by atoms with Crippen molar-refractivity contribution in [2.45, 2.75) is 13.0 Å². The summed E-state index contributed by atoms with van der Waals surface area (Å²) in [7, 11) is 0. The topological polar surface area (TPSA) is 75.6 Å². The Morgan fingerprint density at radius 3 is 2.25 bits per heavy atom. The van der Waals surface area contributed by atoms with Crippen molar-refractivity contribution in [3.63, 3.8) is 0 Å². The first-order valence-electron chi connectivity index (χ1n) is 7.03. The largest absolute Gasteiger partial charge is 0.484 e. The van der Waals surface area contributed by atoms with Crippen molar-refractivity contribution in [1.29, 1.82) is 0 Å². The molecule has 0 heterocycles. The van der Waals surface area contributed by atoms with E-state index in [0.29, 0.717) is 21.4 Å². The van der Waals surface area contributed by atoms with Crippen LogP contribution in [-0.2, 0) is 9.59 Å². The third-order valence-electron chi connectivity index (χ3n) is 3.17. The van der Waals surface area contributed by atoms with Gasteiger partial charge in [-0.2, -0.15) is 0 Å². The zero-order chi connectivity index (χ0) is 17.7. The van der Waals surface area contributed by atoms with Crippen molar-refractivity contribution in [2.75, 3.05) is 6.61 Å². The summed E-state index contributed by atoms with van der Waals surface area (Å²) in [6, 6.07) is 10.3. The summed E-state index contributed by atoms with van der Waals surface area (Å²) in [4.78, 5) is 23.4. The molecule has 1 atom stereocenters. The number of carboxylic acid groups (broad SMARTS) is 1. The quantitative estimate of drug-likeness (QED) is 0.817. The fraction of sp³-hybridized carbons (Fsp3) is 0.176. The smallest absolute Gasteiger partial charge is 0.330 e. The van der Waals surface area contributed by atoms with E-state index in [1.54, 1.807) is 24.3 Å². The van der Waals surface area contributed by atoms with Gasteiger partial charge in [-0.15, -0.1) is 0 Å². The first-order chi connectivity index (χ1) is 11.3. The van der Waals surface area contributed by atoms with Gasteiger partial charge in [-0.1, -0.05) is 53.0 Å². The van der Waals surface area contributed by atoms with Gasteiger partial charge in [0.15, 0.2) is 12.6 Å². The van der Waals surface area contributed by atoms with Crippen molar-refractivity contribution in [3.8, 4) is 5.75 Å². The highest BCUT2D eigenvalue weighted by Gasteiger charge is 2.22. The zero-order valence-corrected chi connectivity index (χ0v) is 14.3. The number of nitrogens with one attached hydrogen (secondary N) is 1. The molecule has 0 unspecified atom stereocenters. The van der Waals surface area contributed by atoms with Gasteiger partial charge in [0, 0.05) is 10.0 Å². The standard InChI is InChI=1S/C17H15Cl2NO4/c1-10-2-4-11(5-3-10)16(17(22)23)20-15(21)9-24-14-7-12(18)6-13(19)8-14/h2-8,16H,9H2,1H3,(H,20,21)(H,22,23)/t16-/m0/s1. The van der Waals surface area contributed by atoms with Crippen LogP contribution in [0.3, 0.4) is 0 Å². The molecule has 0 fully saturated rings. The van der Waals surface area contributed by atoms with Crippen LogP contribution in [0.15, 0.2) is 42.5 Å². The van der Waals surface area contributed by atoms with Crippen LogP contribution in [-0.4, -0.2) is 23.6 Å². The third kappa shape index (κ3) is 5.15. The normalized spacial score (nSPS) is 11.6. The van der Waals surface area contributed by atoms with Crippen LogP contribution in [0.2, 0.25) is 10.0 Å². The average Bonchev–Trinajstić information content (AvgIpc) is 2.50. The van der Waals surface area contributed by atoms with Gasteiger partial charge in [-0.3, -0.25) is 4.79 Å². The second-order valence-corrected chi connectivity index (χ2v) is 6.02. The molecule has 0 saturated carbocycles. The Labute approximate surface area is 149 Å². The third-order valence-corrected chi connectivity index (χ3v) is 3.61. The van der Waals surface area contributed by atoms with E-state index in [0.717, 1.165) is 5.56 Å². The van der Waals surface area contributed by atoms with E-state index < -0.39 is 17.9 Å². The van der Waals surface area contributed by atoms with Crippen LogP contribution in [0, 0.1) is 6.92 Å². The molecular formula is C17H15Cl2NO4. The van der Waals surface area contributed by atoms with Crippen molar-refractivity contribution < 1.29 is 19.4 Å². The van der Waals surface area contributed by atoms with Crippen molar-refractivity contribution in [1.82, 2.24) is 5.32 Å². The number of carbonyl (C=O) groups is 2. The Morgan fingerprint density at radius 2 is 1.71 bits per heavy atom. The Hall–Kier alpha value is -2.24. The predicted octanol–water partition coefficient (Wildman–Crippen LogP) is 3.62. The Kier molecular flexibility index (Phi) is 6.06. The van der Waals surface area contributed by atoms with E-state index in [2.05, 4.69) is 5.32 Å². The van der Waals surface area contributed by atoms with Gasteiger partial charge in [0.2, 0.25) is 0 Å². The van der Waals surface area contributed by atoms with Crippen LogP contribution < -0.4 is 10.1 Å². The molecule has 0 aromatic heterocycles. The monoisotopic (exact) mass is 367 g/mol. The maximum absolute atomic E-state index is 12.0. The highest BCUT2D eigenvalue weighted by atomic mass is 35.5. The SMILES string of the molecule is Cc1ccc([C@H](NC(=O)COc2cc(Cl)cc(Cl)c2)C(=O)O)cc1. The van der Waals surface area contributed by atoms with Crippen molar-refractivity contribution in [2.24, 2.45) is 0 Å². The zero-order valence-electron chi connectivity index (χ0n) is 12.8. The van der Waals surface area contributed by atoms with Gasteiger partial charge in [0.05, 0.1) is 0 Å². The molecule has 0 spiro atoms. The van der Waals surface area contributed by atoms with E-state index in [9.17, 15) is 14.7 Å². The van der Waals surface area contributed by atoms with Crippen molar-refractivity contribution in [3.05, 3.63) is 63.6 Å². The molecular weight excluding hydrogens is 353 g/mol. The van der Waals surface area contributed by atoms with E-state index in [1.807, 2.05) is 6.92 Å². The number of rotatable bonds is 6. The second kappa shape index (κ2) is 8.04. The fourth-order valence-corrected chi connectivity index (χ4v) is 2.52. The Morgan fingerprint density at radius 1 is 1.12 bits per heavy atom. The lowest BCUT2D eigenvalue weighted by atomic mass is 10.1. The summed E-state index contributed by atoms with van der Waals surface area (Å²) < 4.78 is 5.29. The number of carboxylic acids is 1. The number of aliphatic carboxylic acids is 1. The minimum Gasteiger partial charge on any atom is -0.484 e. The van der Waals surface area contributed by atoms with Gasteiger partial charge in [0.1, 0.15) is 5.75 Å². The first kappa shape index (κ1) is 18.1. The van der Waals surface area contributed by atoms with Crippen LogP contribution >= 0.6 is 23.2 Å². The average molecular weight is 368 g/mol. The minimum absolute atomic E-state index is 0.324. The number of carbonyl (C=O) groups excluding carboxylic acids is 1. The molecule has 0 bridgehead atoms. The summed E-state index contributed by atoms with van der Waals surface area (Å²) in [6.45, 7) is 1.54. The van der Waals surface area contributed by atoms with E-state index in [1.165, 1.54) is 18.2 Å². The first-order valence-corrected chi connectivity index (χ1v) is 7.78. The molecule has 1 amide bonds. The van der Waals surface area contributed by atoms with Gasteiger partial charge in [-0.25, -0.2) is 4.79 Å². The molecule has 2 N–H and O–H groups in total. The van der Waals surface area contributed by atoms with Crippen LogP contribution in [0.5, 0.6) is 5.75 Å². The molecule has 0 saturated heterocycles. The molecule has 7 heteroatoms. The molecule has 0 aliphatic carbocycles. The number of halogens is 2. The molecule has 2 aromatic carbocycles. The molecule has 24 heavy (non-hydrogen) atoms. The molecule has 0 radical (unpaired) electrons. The molecule has 2 rings (SSSR count). The highest BCUT2D eigenvalue weighted by molar-refractivity contribution is 6.34. The van der Waals surface area contributed by atoms with E-state index >= 15 is 0 Å². The summed E-state index contributed by atoms with van der Waals surface area (Å²) >= 11 is 11.7. The van der Waals surface area contributed by atoms with Gasteiger partial charge < -0.3 is 15.2 Å². The number of hydrogen-bond acceptors (Lipinski definition) is 3. The molecule has 2 aromatic rings. The van der Waals surface area contributed by atoms with Gasteiger partial charge in [0.25, 0.3) is 5.91 Å². The van der Waals surface area contributed by atoms with Crippen molar-refractivity contribution >= 4 is 35.1 Å². The van der Waals surface area contributed by atoms with Crippen LogP contribution in [0.1, 0.15) is 17.2 Å². The predicted molar refractivity (Wildman–Crippen MR) is 91.7 cm³/mol. The van der Waals surface area contributed by atoms with Crippen LogP contribution in [0.4, 0.5) is 0 Å². The van der Waals surface area contributed by atoms with Crippen LogP contribution in [0.25, 0.3) is 0 Å². The minimum atomic E-state index is -1.15. The fourth-order valence-electron chi connectivity index (χ4n) is 2.01. The molecule has 0 aliphatic rings. The molecule has 126 valence electrons. The summed E-state index contributed by atoms with van der Waals surface area (Å²) in [5.41, 5.74) is 1.47. The molecule has 0 aliphatic heterocycles. The second-order valence-electron chi connectivity index (χ2n) is 5.14. The summed E-state index contributed by atoms with van der Waals surface area (Å²) in [6.07, 6.45) is 0. The van der Waals surface area contributed by atoms with E-state index in [-0.39, 0.29) is 6.61 Å². The lowest BCUT2D eigenvalue weighted by Gasteiger charge is -2.15.